The highest BCUT2D eigenvalue weighted by molar-refractivity contribution is 6.32. The van der Waals surface area contributed by atoms with E-state index < -0.39 is 5.97 Å². The number of ether oxygens (including phenoxy) is 2. The van der Waals surface area contributed by atoms with Gasteiger partial charge in [-0.05, 0) is 12.8 Å². The van der Waals surface area contributed by atoms with Crippen LogP contribution in [0.3, 0.4) is 0 Å². The van der Waals surface area contributed by atoms with Crippen LogP contribution in [-0.2, 0) is 4.79 Å². The van der Waals surface area contributed by atoms with Gasteiger partial charge in [0.15, 0.2) is 0 Å². The molecule has 8 heteroatoms. The first-order chi connectivity index (χ1) is 11.0. The number of likely N-dealkylation sites (tertiary alicyclic amines) is 1. The van der Waals surface area contributed by atoms with E-state index >= 15 is 0 Å². The number of hydrogen-bond donors (Lipinski definition) is 2. The van der Waals surface area contributed by atoms with Gasteiger partial charge in [0.2, 0.25) is 0 Å². The summed E-state index contributed by atoms with van der Waals surface area (Å²) in [4.78, 5) is 24.9. The third-order valence-corrected chi connectivity index (χ3v) is 4.14. The second-order valence-electron chi connectivity index (χ2n) is 5.22. The number of rotatable bonds is 4. The molecule has 1 saturated heterocycles. The van der Waals surface area contributed by atoms with Gasteiger partial charge in [-0.1, -0.05) is 11.6 Å². The Hall–Kier alpha value is -2.15. The average Bonchev–Trinajstić information content (AvgIpc) is 2.55. The SMILES string of the molecule is COc1cc(NC(=O)N2CCC(C(=O)O)CC2)c(OC)cc1Cl. The van der Waals surface area contributed by atoms with Gasteiger partial charge in [-0.2, -0.15) is 0 Å². The van der Waals surface area contributed by atoms with E-state index in [2.05, 4.69) is 5.32 Å². The third-order valence-electron chi connectivity index (χ3n) is 3.85. The number of anilines is 1. The summed E-state index contributed by atoms with van der Waals surface area (Å²) >= 11 is 6.03. The molecule has 2 N–H and O–H groups in total. The fourth-order valence-corrected chi connectivity index (χ4v) is 2.71. The van der Waals surface area contributed by atoms with Crippen molar-refractivity contribution in [2.45, 2.75) is 12.8 Å². The van der Waals surface area contributed by atoms with E-state index in [1.807, 2.05) is 0 Å². The van der Waals surface area contributed by atoms with Crippen molar-refractivity contribution in [3.8, 4) is 11.5 Å². The Balaban J connectivity index is 2.07. The smallest absolute Gasteiger partial charge is 0.321 e. The number of carboxylic acid groups (broad SMARTS) is 1. The minimum absolute atomic E-state index is 0.309. The zero-order valence-corrected chi connectivity index (χ0v) is 13.7. The molecule has 0 aromatic heterocycles. The summed E-state index contributed by atoms with van der Waals surface area (Å²) in [5.74, 6) is -0.352. The lowest BCUT2D eigenvalue weighted by atomic mass is 9.97. The molecule has 0 saturated carbocycles. The molecule has 0 unspecified atom stereocenters. The second kappa shape index (κ2) is 7.41. The van der Waals surface area contributed by atoms with Crippen LogP contribution >= 0.6 is 11.6 Å². The summed E-state index contributed by atoms with van der Waals surface area (Å²) in [7, 11) is 2.96. The quantitative estimate of drug-likeness (QED) is 0.878. The fourth-order valence-electron chi connectivity index (χ4n) is 2.48. The summed E-state index contributed by atoms with van der Waals surface area (Å²) in [6.45, 7) is 0.797. The molecule has 2 amide bonds. The number of amides is 2. The molecule has 2 rings (SSSR count). The van der Waals surface area contributed by atoms with Gasteiger partial charge < -0.3 is 24.8 Å². The molecular weight excluding hydrogens is 324 g/mol. The number of nitrogens with one attached hydrogen (secondary N) is 1. The van der Waals surface area contributed by atoms with Crippen LogP contribution < -0.4 is 14.8 Å². The van der Waals surface area contributed by atoms with Crippen molar-refractivity contribution in [1.82, 2.24) is 4.90 Å². The monoisotopic (exact) mass is 342 g/mol. The van der Waals surface area contributed by atoms with Crippen molar-refractivity contribution in [2.24, 2.45) is 5.92 Å². The van der Waals surface area contributed by atoms with Gasteiger partial charge in [0.05, 0.1) is 30.8 Å². The normalized spacial score (nSPS) is 15.2. The third kappa shape index (κ3) is 3.98. The first-order valence-corrected chi connectivity index (χ1v) is 7.54. The van der Waals surface area contributed by atoms with Gasteiger partial charge in [-0.15, -0.1) is 0 Å². The molecule has 23 heavy (non-hydrogen) atoms. The van der Waals surface area contributed by atoms with Crippen LogP contribution in [0, 0.1) is 5.92 Å². The van der Waals surface area contributed by atoms with Crippen LogP contribution in [0.15, 0.2) is 12.1 Å². The number of carbonyl (C=O) groups is 2. The summed E-state index contributed by atoms with van der Waals surface area (Å²) in [6, 6.07) is 2.84. The zero-order chi connectivity index (χ0) is 17.0. The van der Waals surface area contributed by atoms with Crippen molar-refractivity contribution >= 4 is 29.3 Å². The molecule has 0 aliphatic carbocycles. The minimum atomic E-state index is -0.811. The molecule has 0 spiro atoms. The summed E-state index contributed by atoms with van der Waals surface area (Å²) in [5.41, 5.74) is 0.444. The molecule has 1 aromatic rings. The van der Waals surface area contributed by atoms with Crippen LogP contribution in [0.2, 0.25) is 5.02 Å². The van der Waals surface area contributed by atoms with Gasteiger partial charge >= 0.3 is 12.0 Å². The van der Waals surface area contributed by atoms with E-state index in [-0.39, 0.29) is 11.9 Å². The lowest BCUT2D eigenvalue weighted by Crippen LogP contribution is -2.42. The number of aliphatic carboxylic acids is 1. The second-order valence-corrected chi connectivity index (χ2v) is 5.62. The maximum absolute atomic E-state index is 12.3. The number of methoxy groups -OCH3 is 2. The Morgan fingerprint density at radius 2 is 1.83 bits per heavy atom. The first-order valence-electron chi connectivity index (χ1n) is 7.16. The predicted molar refractivity (Wildman–Crippen MR) is 85.5 cm³/mol. The number of nitrogens with zero attached hydrogens (tertiary/aromatic N) is 1. The molecule has 0 bridgehead atoms. The number of urea groups is 1. The Morgan fingerprint density at radius 1 is 1.22 bits per heavy atom. The molecular formula is C15H19ClN2O5. The molecule has 7 nitrogen and oxygen atoms in total. The number of carbonyl (C=O) groups excluding carboxylic acids is 1. The van der Waals surface area contributed by atoms with Gasteiger partial charge in [0, 0.05) is 25.2 Å². The fraction of sp³-hybridized carbons (Fsp3) is 0.467. The molecule has 1 fully saturated rings. The molecule has 0 atom stereocenters. The largest absolute Gasteiger partial charge is 0.495 e. The number of piperidine rings is 1. The number of halogens is 1. The minimum Gasteiger partial charge on any atom is -0.495 e. The molecule has 1 aliphatic rings. The Kier molecular flexibility index (Phi) is 5.54. The van der Waals surface area contributed by atoms with Crippen molar-refractivity contribution in [2.75, 3.05) is 32.6 Å². The van der Waals surface area contributed by atoms with Gasteiger partial charge in [0.25, 0.3) is 0 Å². The number of benzene rings is 1. The molecule has 0 radical (unpaired) electrons. The first kappa shape index (κ1) is 17.2. The lowest BCUT2D eigenvalue weighted by Gasteiger charge is -2.30. The van der Waals surface area contributed by atoms with E-state index in [9.17, 15) is 9.59 Å². The van der Waals surface area contributed by atoms with Crippen LogP contribution in [-0.4, -0.2) is 49.3 Å². The molecule has 1 aromatic carbocycles. The van der Waals surface area contributed by atoms with E-state index in [1.54, 1.807) is 17.0 Å². The summed E-state index contributed by atoms with van der Waals surface area (Å²) < 4.78 is 10.3. The van der Waals surface area contributed by atoms with Crippen LogP contribution in [0.25, 0.3) is 0 Å². The highest BCUT2D eigenvalue weighted by Gasteiger charge is 2.27. The Labute approximate surface area is 139 Å². The van der Waals surface area contributed by atoms with Crippen LogP contribution in [0.4, 0.5) is 10.5 Å². The van der Waals surface area contributed by atoms with Crippen molar-refractivity contribution in [3.63, 3.8) is 0 Å². The van der Waals surface area contributed by atoms with Crippen molar-refractivity contribution in [3.05, 3.63) is 17.2 Å². The van der Waals surface area contributed by atoms with Gasteiger partial charge in [-0.3, -0.25) is 4.79 Å². The lowest BCUT2D eigenvalue weighted by molar-refractivity contribution is -0.143. The van der Waals surface area contributed by atoms with Gasteiger partial charge in [-0.25, -0.2) is 4.79 Å². The van der Waals surface area contributed by atoms with E-state index in [4.69, 9.17) is 26.2 Å². The maximum atomic E-state index is 12.3. The van der Waals surface area contributed by atoms with Crippen molar-refractivity contribution in [1.29, 1.82) is 0 Å². The van der Waals surface area contributed by atoms with E-state index in [1.165, 1.54) is 14.2 Å². The number of hydrogen-bond acceptors (Lipinski definition) is 4. The maximum Gasteiger partial charge on any atom is 0.321 e. The van der Waals surface area contributed by atoms with Crippen LogP contribution in [0.1, 0.15) is 12.8 Å². The molecule has 126 valence electrons. The Morgan fingerprint density at radius 3 is 2.35 bits per heavy atom. The topological polar surface area (TPSA) is 88.1 Å². The summed E-state index contributed by atoms with van der Waals surface area (Å²) in [6.07, 6.45) is 0.896. The standard InChI is InChI=1S/C15H19ClN2O5/c1-22-12-8-11(13(23-2)7-10(12)16)17-15(21)18-5-3-9(4-6-18)14(19)20/h7-9H,3-6H2,1-2H3,(H,17,21)(H,19,20). The van der Waals surface area contributed by atoms with E-state index in [0.717, 1.165) is 0 Å². The highest BCUT2D eigenvalue weighted by Crippen LogP contribution is 2.36. The highest BCUT2D eigenvalue weighted by atomic mass is 35.5. The number of carboxylic acids is 1. The van der Waals surface area contributed by atoms with Crippen LogP contribution in [0.5, 0.6) is 11.5 Å². The zero-order valence-electron chi connectivity index (χ0n) is 13.0. The molecule has 1 heterocycles. The van der Waals surface area contributed by atoms with E-state index in [0.29, 0.717) is 48.1 Å². The Bertz CT molecular complexity index is 600. The molecule has 1 aliphatic heterocycles. The predicted octanol–water partition coefficient (Wildman–Crippen LogP) is 2.69. The summed E-state index contributed by atoms with van der Waals surface area (Å²) in [5, 5.41) is 12.1. The van der Waals surface area contributed by atoms with Crippen molar-refractivity contribution < 1.29 is 24.2 Å². The van der Waals surface area contributed by atoms with Gasteiger partial charge in [0.1, 0.15) is 11.5 Å². The average molecular weight is 343 g/mol.